The van der Waals surface area contributed by atoms with Gasteiger partial charge in [-0.05, 0) is 24.3 Å². The van der Waals surface area contributed by atoms with Crippen LogP contribution in [0.15, 0.2) is 30.3 Å². The molecule has 1 aliphatic rings. The Kier molecular flexibility index (Phi) is 4.16. The highest BCUT2D eigenvalue weighted by atomic mass is 19.1. The molecule has 1 saturated heterocycles. The lowest BCUT2D eigenvalue weighted by Gasteiger charge is -2.31. The Morgan fingerprint density at radius 3 is 2.57 bits per heavy atom. The number of nitrogens with two attached hydrogens (primary N) is 1. The van der Waals surface area contributed by atoms with E-state index in [0.717, 1.165) is 12.1 Å². The average Bonchev–Trinajstić information content (AvgIpc) is 2.55. The van der Waals surface area contributed by atoms with Crippen molar-refractivity contribution in [3.8, 4) is 11.3 Å². The van der Waals surface area contributed by atoms with E-state index in [1.807, 2.05) is 0 Å². The number of morpholine rings is 1. The molecule has 0 bridgehead atoms. The third kappa shape index (κ3) is 3.11. The van der Waals surface area contributed by atoms with Crippen molar-refractivity contribution in [2.24, 2.45) is 5.73 Å². The molecule has 6 nitrogen and oxygen atoms in total. The fourth-order valence-electron chi connectivity index (χ4n) is 2.40. The molecule has 2 heterocycles. The van der Waals surface area contributed by atoms with Crippen LogP contribution in [-0.4, -0.2) is 41.9 Å². The third-order valence-corrected chi connectivity index (χ3v) is 3.58. The molecule has 2 N–H and O–H groups in total. The molecular formula is C15H14F2N4O2. The van der Waals surface area contributed by atoms with Gasteiger partial charge in [-0.15, -0.1) is 10.2 Å². The van der Waals surface area contributed by atoms with Crippen molar-refractivity contribution in [2.75, 3.05) is 24.6 Å². The molecule has 23 heavy (non-hydrogen) atoms. The quantitative estimate of drug-likeness (QED) is 0.916. The number of hydrogen-bond acceptors (Lipinski definition) is 5. The Morgan fingerprint density at radius 1 is 1.22 bits per heavy atom. The molecule has 3 rings (SSSR count). The molecule has 0 spiro atoms. The molecule has 1 aromatic heterocycles. The first-order valence-corrected chi connectivity index (χ1v) is 7.00. The summed E-state index contributed by atoms with van der Waals surface area (Å²) >= 11 is 0. The first kappa shape index (κ1) is 15.3. The Bertz CT molecular complexity index is 704. The molecule has 2 aromatic rings. The van der Waals surface area contributed by atoms with Crippen molar-refractivity contribution in [3.63, 3.8) is 0 Å². The van der Waals surface area contributed by atoms with Crippen molar-refractivity contribution in [2.45, 2.75) is 6.10 Å². The smallest absolute Gasteiger partial charge is 0.248 e. The first-order valence-electron chi connectivity index (χ1n) is 7.00. The van der Waals surface area contributed by atoms with Crippen LogP contribution in [0.2, 0.25) is 0 Å². The van der Waals surface area contributed by atoms with Gasteiger partial charge < -0.3 is 15.4 Å². The molecule has 1 amide bonds. The van der Waals surface area contributed by atoms with Crippen LogP contribution >= 0.6 is 0 Å². The largest absolute Gasteiger partial charge is 0.367 e. The van der Waals surface area contributed by atoms with E-state index in [2.05, 4.69) is 10.2 Å². The summed E-state index contributed by atoms with van der Waals surface area (Å²) in [5, 5.41) is 7.88. The van der Waals surface area contributed by atoms with Gasteiger partial charge in [-0.3, -0.25) is 4.79 Å². The van der Waals surface area contributed by atoms with Gasteiger partial charge in [-0.25, -0.2) is 8.78 Å². The highest BCUT2D eigenvalue weighted by Crippen LogP contribution is 2.25. The summed E-state index contributed by atoms with van der Waals surface area (Å²) in [6.07, 6.45) is -0.714. The van der Waals surface area contributed by atoms with Crippen LogP contribution in [0, 0.1) is 11.6 Å². The van der Waals surface area contributed by atoms with E-state index < -0.39 is 23.6 Å². The van der Waals surface area contributed by atoms with Gasteiger partial charge in [0.05, 0.1) is 24.4 Å². The van der Waals surface area contributed by atoms with Crippen LogP contribution in [-0.2, 0) is 9.53 Å². The zero-order valence-corrected chi connectivity index (χ0v) is 12.1. The zero-order chi connectivity index (χ0) is 16.4. The van der Waals surface area contributed by atoms with Gasteiger partial charge >= 0.3 is 0 Å². The minimum Gasteiger partial charge on any atom is -0.367 e. The van der Waals surface area contributed by atoms with Crippen LogP contribution in [0.4, 0.5) is 14.6 Å². The van der Waals surface area contributed by atoms with Gasteiger partial charge in [0, 0.05) is 6.54 Å². The highest BCUT2D eigenvalue weighted by molar-refractivity contribution is 5.79. The number of aromatic nitrogens is 2. The van der Waals surface area contributed by atoms with Gasteiger partial charge in [0.15, 0.2) is 11.9 Å². The summed E-state index contributed by atoms with van der Waals surface area (Å²) in [6, 6.07) is 6.69. The van der Waals surface area contributed by atoms with Crippen molar-refractivity contribution in [1.82, 2.24) is 10.2 Å². The van der Waals surface area contributed by atoms with Crippen LogP contribution in [0.1, 0.15) is 0 Å². The number of carbonyl (C=O) groups is 1. The number of anilines is 1. The molecule has 1 unspecified atom stereocenters. The SMILES string of the molecule is NC(=O)C1CN(c2ccc(-c3c(F)cccc3F)nn2)CCO1. The third-order valence-electron chi connectivity index (χ3n) is 3.58. The van der Waals surface area contributed by atoms with Gasteiger partial charge in [0.25, 0.3) is 0 Å². The van der Waals surface area contributed by atoms with Gasteiger partial charge in [0.1, 0.15) is 11.6 Å². The van der Waals surface area contributed by atoms with Crippen molar-refractivity contribution in [3.05, 3.63) is 42.0 Å². The highest BCUT2D eigenvalue weighted by Gasteiger charge is 2.26. The summed E-state index contributed by atoms with van der Waals surface area (Å²) in [5.41, 5.74) is 5.11. The number of benzene rings is 1. The lowest BCUT2D eigenvalue weighted by molar-refractivity contribution is -0.130. The summed E-state index contributed by atoms with van der Waals surface area (Å²) in [5.74, 6) is -1.47. The fourth-order valence-corrected chi connectivity index (χ4v) is 2.40. The number of primary amides is 1. The number of rotatable bonds is 3. The van der Waals surface area contributed by atoms with Crippen LogP contribution < -0.4 is 10.6 Å². The van der Waals surface area contributed by atoms with Crippen molar-refractivity contribution < 1.29 is 18.3 Å². The number of nitrogens with zero attached hydrogens (tertiary/aromatic N) is 3. The number of amides is 1. The second kappa shape index (κ2) is 6.25. The number of ether oxygens (including phenoxy) is 1. The fraction of sp³-hybridized carbons (Fsp3) is 0.267. The minimum absolute atomic E-state index is 0.101. The predicted octanol–water partition coefficient (Wildman–Crippen LogP) is 1.11. The van der Waals surface area contributed by atoms with E-state index >= 15 is 0 Å². The summed E-state index contributed by atoms with van der Waals surface area (Å²) in [6.45, 7) is 1.11. The van der Waals surface area contributed by atoms with Crippen molar-refractivity contribution in [1.29, 1.82) is 0 Å². The first-order chi connectivity index (χ1) is 11.1. The maximum atomic E-state index is 13.7. The predicted molar refractivity (Wildman–Crippen MR) is 78.5 cm³/mol. The molecular weight excluding hydrogens is 306 g/mol. The van der Waals surface area contributed by atoms with Crippen molar-refractivity contribution >= 4 is 11.7 Å². The maximum absolute atomic E-state index is 13.7. The number of halogens is 2. The molecule has 1 fully saturated rings. The van der Waals surface area contributed by atoms with Gasteiger partial charge in [-0.2, -0.15) is 0 Å². The Hall–Kier alpha value is -2.61. The van der Waals surface area contributed by atoms with Crippen LogP contribution in [0.5, 0.6) is 0 Å². The Morgan fingerprint density at radius 2 is 1.96 bits per heavy atom. The molecule has 1 aromatic carbocycles. The molecule has 8 heteroatoms. The molecule has 1 atom stereocenters. The van der Waals surface area contributed by atoms with Gasteiger partial charge in [-0.1, -0.05) is 6.07 Å². The summed E-state index contributed by atoms with van der Waals surface area (Å²) in [7, 11) is 0. The van der Waals surface area contributed by atoms with Crippen LogP contribution in [0.25, 0.3) is 11.3 Å². The molecule has 120 valence electrons. The maximum Gasteiger partial charge on any atom is 0.248 e. The van der Waals surface area contributed by atoms with E-state index in [-0.39, 0.29) is 17.8 Å². The van der Waals surface area contributed by atoms with E-state index in [1.54, 1.807) is 11.0 Å². The summed E-state index contributed by atoms with van der Waals surface area (Å²) in [4.78, 5) is 13.0. The standard InChI is InChI=1S/C15H14F2N4O2/c16-9-2-1-3-10(17)14(9)11-4-5-13(20-19-11)21-6-7-23-12(8-21)15(18)22/h1-5,12H,6-8H2,(H2,18,22). The Labute approximate surface area is 130 Å². The number of hydrogen-bond donors (Lipinski definition) is 1. The molecule has 1 aliphatic heterocycles. The molecule has 0 radical (unpaired) electrons. The minimum atomic E-state index is -0.714. The zero-order valence-electron chi connectivity index (χ0n) is 12.1. The normalized spacial score (nSPS) is 18.0. The van der Waals surface area contributed by atoms with E-state index in [4.69, 9.17) is 10.5 Å². The van der Waals surface area contributed by atoms with Gasteiger partial charge in [0.2, 0.25) is 5.91 Å². The summed E-state index contributed by atoms with van der Waals surface area (Å²) < 4.78 is 32.7. The molecule has 0 aliphatic carbocycles. The monoisotopic (exact) mass is 320 g/mol. The average molecular weight is 320 g/mol. The second-order valence-electron chi connectivity index (χ2n) is 5.08. The lowest BCUT2D eigenvalue weighted by atomic mass is 10.1. The van der Waals surface area contributed by atoms with Crippen LogP contribution in [0.3, 0.4) is 0 Å². The Balaban J connectivity index is 1.84. The van der Waals surface area contributed by atoms with E-state index in [1.165, 1.54) is 12.1 Å². The lowest BCUT2D eigenvalue weighted by Crippen LogP contribution is -2.48. The van der Waals surface area contributed by atoms with E-state index in [9.17, 15) is 13.6 Å². The topological polar surface area (TPSA) is 81.3 Å². The molecule has 0 saturated carbocycles. The second-order valence-corrected chi connectivity index (χ2v) is 5.08. The van der Waals surface area contributed by atoms with E-state index in [0.29, 0.717) is 19.0 Å². The number of carbonyl (C=O) groups excluding carboxylic acids is 1.